The maximum Gasteiger partial charge on any atom is 0.0895 e. The zero-order chi connectivity index (χ0) is 16.0. The third-order valence-electron chi connectivity index (χ3n) is 4.08. The lowest BCUT2D eigenvalue weighted by atomic mass is 9.92. The van der Waals surface area contributed by atoms with Crippen LogP contribution in [-0.2, 0) is 5.41 Å². The minimum Gasteiger partial charge on any atom is -0.261 e. The van der Waals surface area contributed by atoms with Crippen molar-refractivity contribution >= 4 is 31.5 Å². The molecule has 0 aliphatic heterocycles. The molecule has 0 amide bonds. The van der Waals surface area contributed by atoms with Gasteiger partial charge in [-0.1, -0.05) is 51.1 Å². The SMILES string of the molecule is CC(C)(C)c1cncc(-c2cccc3sc4ccccc4c23)n1. The summed E-state index contributed by atoms with van der Waals surface area (Å²) < 4.78 is 2.61. The van der Waals surface area contributed by atoms with Crippen molar-refractivity contribution < 1.29 is 0 Å². The van der Waals surface area contributed by atoms with E-state index in [0.717, 1.165) is 11.4 Å². The molecule has 4 aromatic rings. The van der Waals surface area contributed by atoms with E-state index in [1.54, 1.807) is 0 Å². The first-order valence-corrected chi connectivity index (χ1v) is 8.59. The van der Waals surface area contributed by atoms with E-state index in [2.05, 4.69) is 68.2 Å². The van der Waals surface area contributed by atoms with Crippen molar-refractivity contribution in [1.82, 2.24) is 9.97 Å². The number of fused-ring (bicyclic) bond motifs is 3. The molecule has 0 bridgehead atoms. The summed E-state index contributed by atoms with van der Waals surface area (Å²) in [6, 6.07) is 15.0. The van der Waals surface area contributed by atoms with Gasteiger partial charge in [0.1, 0.15) is 0 Å². The van der Waals surface area contributed by atoms with E-state index < -0.39 is 0 Å². The minimum absolute atomic E-state index is 0.00633. The molecule has 0 spiro atoms. The van der Waals surface area contributed by atoms with Crippen LogP contribution in [0.1, 0.15) is 26.5 Å². The highest BCUT2D eigenvalue weighted by molar-refractivity contribution is 7.25. The predicted octanol–water partition coefficient (Wildman–Crippen LogP) is 5.81. The maximum absolute atomic E-state index is 4.89. The Bertz CT molecular complexity index is 1010. The first-order chi connectivity index (χ1) is 11.0. The molecule has 0 saturated carbocycles. The quantitative estimate of drug-likeness (QED) is 0.442. The van der Waals surface area contributed by atoms with Crippen molar-refractivity contribution in [2.45, 2.75) is 26.2 Å². The van der Waals surface area contributed by atoms with E-state index in [9.17, 15) is 0 Å². The molecule has 2 heterocycles. The lowest BCUT2D eigenvalue weighted by molar-refractivity contribution is 0.566. The Labute approximate surface area is 139 Å². The topological polar surface area (TPSA) is 25.8 Å². The van der Waals surface area contributed by atoms with Crippen LogP contribution in [0.5, 0.6) is 0 Å². The summed E-state index contributed by atoms with van der Waals surface area (Å²) in [5.74, 6) is 0. The highest BCUT2D eigenvalue weighted by Crippen LogP contribution is 2.39. The summed E-state index contributed by atoms with van der Waals surface area (Å²) in [4.78, 5) is 9.33. The Kier molecular flexibility index (Phi) is 3.20. The van der Waals surface area contributed by atoms with Gasteiger partial charge in [0.05, 0.1) is 17.6 Å². The molecule has 0 unspecified atom stereocenters. The zero-order valence-corrected chi connectivity index (χ0v) is 14.3. The fourth-order valence-electron chi connectivity index (χ4n) is 2.85. The van der Waals surface area contributed by atoms with E-state index >= 15 is 0 Å². The molecule has 4 rings (SSSR count). The highest BCUT2D eigenvalue weighted by atomic mass is 32.1. The van der Waals surface area contributed by atoms with E-state index in [1.807, 2.05) is 23.7 Å². The first kappa shape index (κ1) is 14.3. The summed E-state index contributed by atoms with van der Waals surface area (Å²) in [6.45, 7) is 6.50. The molecule has 0 saturated heterocycles. The number of benzene rings is 2. The molecule has 0 N–H and O–H groups in total. The van der Waals surface area contributed by atoms with Crippen LogP contribution in [0.2, 0.25) is 0 Å². The monoisotopic (exact) mass is 318 g/mol. The van der Waals surface area contributed by atoms with Gasteiger partial charge in [-0.05, 0) is 12.1 Å². The van der Waals surface area contributed by atoms with Crippen molar-refractivity contribution in [3.8, 4) is 11.3 Å². The van der Waals surface area contributed by atoms with Crippen molar-refractivity contribution in [2.75, 3.05) is 0 Å². The normalized spacial score (nSPS) is 12.1. The van der Waals surface area contributed by atoms with Crippen molar-refractivity contribution in [2.24, 2.45) is 0 Å². The molecule has 3 heteroatoms. The summed E-state index contributed by atoms with van der Waals surface area (Å²) >= 11 is 1.83. The van der Waals surface area contributed by atoms with Gasteiger partial charge in [0.25, 0.3) is 0 Å². The second-order valence-corrected chi connectivity index (χ2v) is 7.90. The average Bonchev–Trinajstić information content (AvgIpc) is 2.93. The van der Waals surface area contributed by atoms with E-state index in [0.29, 0.717) is 0 Å². The molecule has 2 aromatic heterocycles. The number of thiophene rings is 1. The summed E-state index contributed by atoms with van der Waals surface area (Å²) in [6.07, 6.45) is 3.74. The lowest BCUT2D eigenvalue weighted by Crippen LogP contribution is -2.14. The van der Waals surface area contributed by atoms with E-state index in [4.69, 9.17) is 4.98 Å². The number of hydrogen-bond donors (Lipinski definition) is 0. The van der Waals surface area contributed by atoms with Crippen LogP contribution in [0.4, 0.5) is 0 Å². The number of nitrogens with zero attached hydrogens (tertiary/aromatic N) is 2. The maximum atomic E-state index is 4.89. The van der Waals surface area contributed by atoms with Crippen molar-refractivity contribution in [3.05, 3.63) is 60.6 Å². The van der Waals surface area contributed by atoms with Gasteiger partial charge >= 0.3 is 0 Å². The Hall–Kier alpha value is -2.26. The Balaban J connectivity index is 2.03. The molecule has 0 fully saturated rings. The van der Waals surface area contributed by atoms with Crippen LogP contribution >= 0.6 is 11.3 Å². The Morgan fingerprint density at radius 3 is 2.48 bits per heavy atom. The fraction of sp³-hybridized carbons (Fsp3) is 0.200. The summed E-state index contributed by atoms with van der Waals surface area (Å²) in [5, 5.41) is 2.58. The van der Waals surface area contributed by atoms with Crippen LogP contribution in [0.3, 0.4) is 0 Å². The molecular formula is C20H18N2S. The van der Waals surface area contributed by atoms with Crippen LogP contribution in [0, 0.1) is 0 Å². The van der Waals surface area contributed by atoms with Gasteiger partial charge in [-0.2, -0.15) is 0 Å². The first-order valence-electron chi connectivity index (χ1n) is 7.77. The molecule has 0 aliphatic rings. The van der Waals surface area contributed by atoms with Gasteiger partial charge in [-0.15, -0.1) is 11.3 Å². The largest absolute Gasteiger partial charge is 0.261 e. The van der Waals surface area contributed by atoms with Gasteiger partial charge < -0.3 is 0 Å². The van der Waals surface area contributed by atoms with E-state index in [-0.39, 0.29) is 5.41 Å². The highest BCUT2D eigenvalue weighted by Gasteiger charge is 2.18. The van der Waals surface area contributed by atoms with Gasteiger partial charge in [-0.3, -0.25) is 4.98 Å². The number of rotatable bonds is 1. The molecule has 0 radical (unpaired) electrons. The standard InChI is InChI=1S/C20H18N2S/c1-20(2,3)18-12-21-11-15(22-18)13-8-6-10-17-19(13)14-7-4-5-9-16(14)23-17/h4-12H,1-3H3. The van der Waals surface area contributed by atoms with Gasteiger partial charge in [0.15, 0.2) is 0 Å². The van der Waals surface area contributed by atoms with Gasteiger partial charge in [0, 0.05) is 37.3 Å². The van der Waals surface area contributed by atoms with Crippen LogP contribution < -0.4 is 0 Å². The molecule has 0 aliphatic carbocycles. The molecule has 2 aromatic carbocycles. The summed E-state index contributed by atoms with van der Waals surface area (Å²) in [7, 11) is 0. The van der Waals surface area contributed by atoms with Crippen LogP contribution in [-0.4, -0.2) is 9.97 Å². The predicted molar refractivity (Wildman–Crippen MR) is 99.1 cm³/mol. The number of hydrogen-bond acceptors (Lipinski definition) is 3. The zero-order valence-electron chi connectivity index (χ0n) is 13.5. The lowest BCUT2D eigenvalue weighted by Gasteiger charge is -2.17. The molecule has 114 valence electrons. The Morgan fingerprint density at radius 2 is 1.65 bits per heavy atom. The van der Waals surface area contributed by atoms with Crippen molar-refractivity contribution in [1.29, 1.82) is 0 Å². The third-order valence-corrected chi connectivity index (χ3v) is 5.22. The minimum atomic E-state index is -0.00633. The van der Waals surface area contributed by atoms with E-state index in [1.165, 1.54) is 25.7 Å². The molecule has 0 atom stereocenters. The smallest absolute Gasteiger partial charge is 0.0895 e. The van der Waals surface area contributed by atoms with Gasteiger partial charge in [0.2, 0.25) is 0 Å². The van der Waals surface area contributed by atoms with Gasteiger partial charge in [-0.25, -0.2) is 4.98 Å². The van der Waals surface area contributed by atoms with Crippen molar-refractivity contribution in [3.63, 3.8) is 0 Å². The second kappa shape index (κ2) is 5.14. The molecule has 23 heavy (non-hydrogen) atoms. The fourth-order valence-corrected chi connectivity index (χ4v) is 3.98. The Morgan fingerprint density at radius 1 is 0.870 bits per heavy atom. The molecular weight excluding hydrogens is 300 g/mol. The molecule has 2 nitrogen and oxygen atoms in total. The average molecular weight is 318 g/mol. The second-order valence-electron chi connectivity index (χ2n) is 6.82. The third kappa shape index (κ3) is 2.41. The summed E-state index contributed by atoms with van der Waals surface area (Å²) in [5.41, 5.74) is 3.13. The number of aromatic nitrogens is 2. The van der Waals surface area contributed by atoms with Crippen LogP contribution in [0.15, 0.2) is 54.9 Å². The van der Waals surface area contributed by atoms with Crippen LogP contribution in [0.25, 0.3) is 31.4 Å².